The number of hydrogen-bond acceptors (Lipinski definition) is 18. The number of amides is 9. The van der Waals surface area contributed by atoms with Crippen LogP contribution in [-0.2, 0) is 67.1 Å². The van der Waals surface area contributed by atoms with E-state index in [1.54, 1.807) is 0 Å². The van der Waals surface area contributed by atoms with Gasteiger partial charge >= 0.3 is 29.8 Å². The van der Waals surface area contributed by atoms with Crippen molar-refractivity contribution in [3.8, 4) is 0 Å². The fourth-order valence-corrected chi connectivity index (χ4v) is 6.18. The number of primary amides is 1. The molecule has 33 nitrogen and oxygen atoms in total. The van der Waals surface area contributed by atoms with Crippen molar-refractivity contribution in [3.05, 3.63) is 0 Å². The molecule has 73 heavy (non-hydrogen) atoms. The van der Waals surface area contributed by atoms with Crippen molar-refractivity contribution in [2.75, 3.05) is 12.3 Å². The van der Waals surface area contributed by atoms with Crippen LogP contribution in [0.5, 0.6) is 0 Å². The Labute approximate surface area is 419 Å². The van der Waals surface area contributed by atoms with Gasteiger partial charge in [-0.15, -0.1) is 0 Å². The number of aliphatic hydroxyl groups is 1. The van der Waals surface area contributed by atoms with Crippen LogP contribution in [0.2, 0.25) is 0 Å². The second-order valence-electron chi connectivity index (χ2n) is 16.0. The first-order valence-electron chi connectivity index (χ1n) is 21.8. The summed E-state index contributed by atoms with van der Waals surface area (Å²) in [5, 5.41) is 73.8. The van der Waals surface area contributed by atoms with Crippen LogP contribution < -0.4 is 65.5 Å². The quantitative estimate of drug-likeness (QED) is 0.0120. The van der Waals surface area contributed by atoms with Gasteiger partial charge < -0.3 is 96.1 Å². The van der Waals surface area contributed by atoms with Gasteiger partial charge in [-0.25, -0.2) is 0 Å². The molecule has 0 saturated heterocycles. The minimum atomic E-state index is -2.05. The van der Waals surface area contributed by atoms with Crippen molar-refractivity contribution in [2.45, 2.75) is 139 Å². The first-order valence-corrected chi connectivity index (χ1v) is 22.4. The average molecular weight is 1070 g/mol. The Bertz CT molecular complexity index is 2070. The summed E-state index contributed by atoms with van der Waals surface area (Å²) in [5.74, 6) is -19.6. The second-order valence-corrected chi connectivity index (χ2v) is 16.3. The monoisotopic (exact) mass is 1070 g/mol. The molecule has 0 aromatic rings. The Morgan fingerprint density at radius 1 is 0.479 bits per heavy atom. The van der Waals surface area contributed by atoms with Crippen molar-refractivity contribution in [2.24, 2.45) is 27.9 Å². The van der Waals surface area contributed by atoms with Gasteiger partial charge in [0.1, 0.15) is 48.3 Å². The summed E-state index contributed by atoms with van der Waals surface area (Å²) in [5.41, 5.74) is 21.4. The fraction of sp³-hybridized carbons (Fsp3) is 0.615. The van der Waals surface area contributed by atoms with E-state index in [9.17, 15) is 92.7 Å². The summed E-state index contributed by atoms with van der Waals surface area (Å²) in [4.78, 5) is 179. The van der Waals surface area contributed by atoms with Gasteiger partial charge in [0, 0.05) is 31.6 Å². The van der Waals surface area contributed by atoms with Gasteiger partial charge in [0.05, 0.1) is 25.0 Å². The van der Waals surface area contributed by atoms with Crippen LogP contribution in [0.15, 0.2) is 4.99 Å². The molecule has 410 valence electrons. The second kappa shape index (κ2) is 32.9. The lowest BCUT2D eigenvalue weighted by Crippen LogP contribution is -2.62. The van der Waals surface area contributed by atoms with Crippen LogP contribution in [0.1, 0.15) is 78.1 Å². The number of thiol groups is 1. The minimum Gasteiger partial charge on any atom is -0.481 e. The normalized spacial score (nSPS) is 14.9. The number of hydrogen-bond donors (Lipinski definition) is 19. The fourth-order valence-electron chi connectivity index (χ4n) is 5.92. The van der Waals surface area contributed by atoms with Crippen LogP contribution >= 0.6 is 12.6 Å². The number of aliphatic imine (C=N–C) groups is 1. The standard InChI is InChI=1S/C39H63N13O20S/c1-15(38(71)72)45-31(64)18(4-3-11-44-39(42)43)46-32(65)19(5-8-24(41)54)47-33(66)20(6-9-25(55)56)49-36(69)23(14-73)51-37(70)29(16(2)53)52-34(67)21(7-10-26(57)58)48-35(68)22(13-28(61)62)50-30(63)17(40)12-27(59)60/h15-23,29,53,73H,3-14,40H2,1-2H3,(H2,41,54)(H,45,64)(H,46,65)(H,47,66)(H,48,68)(H,49,69)(H,50,63)(H,51,70)(H,52,67)(H,55,56)(H,57,58)(H,59,60)(H,61,62)(H,71,72)(H4,42,43,44)/t15-,16+,17-,18-,19-,20-,21-,22-,23-,29-/m0/s1. The minimum absolute atomic E-state index is 0.0433. The van der Waals surface area contributed by atoms with E-state index in [1.807, 2.05) is 16.0 Å². The molecule has 0 aliphatic carbocycles. The zero-order chi connectivity index (χ0) is 56.3. The molecule has 9 amide bonds. The zero-order valence-electron chi connectivity index (χ0n) is 39.4. The zero-order valence-corrected chi connectivity index (χ0v) is 40.3. The number of guanidine groups is 1. The number of nitrogens with zero attached hydrogens (tertiary/aromatic N) is 1. The molecule has 0 aromatic heterocycles. The van der Waals surface area contributed by atoms with Crippen LogP contribution in [0.3, 0.4) is 0 Å². The summed E-state index contributed by atoms with van der Waals surface area (Å²) in [6, 6.07) is -16.1. The highest BCUT2D eigenvalue weighted by Crippen LogP contribution is 2.09. The third-order valence-electron chi connectivity index (χ3n) is 9.80. The Morgan fingerprint density at radius 3 is 1.26 bits per heavy atom. The highest BCUT2D eigenvalue weighted by molar-refractivity contribution is 7.80. The van der Waals surface area contributed by atoms with Crippen molar-refractivity contribution in [1.82, 2.24) is 42.5 Å². The number of aliphatic hydroxyl groups excluding tert-OH is 1. The molecule has 0 aliphatic rings. The van der Waals surface area contributed by atoms with E-state index in [-0.39, 0.29) is 25.3 Å². The predicted octanol–water partition coefficient (Wildman–Crippen LogP) is -8.39. The van der Waals surface area contributed by atoms with Crippen LogP contribution in [-0.4, -0.2) is 192 Å². The molecule has 34 heteroatoms. The summed E-state index contributed by atoms with van der Waals surface area (Å²) in [6.07, 6.45) is -8.25. The van der Waals surface area contributed by atoms with Gasteiger partial charge in [0.2, 0.25) is 53.2 Å². The first kappa shape index (κ1) is 65.1. The molecule has 0 radical (unpaired) electrons. The maximum Gasteiger partial charge on any atom is 0.325 e. The van der Waals surface area contributed by atoms with E-state index in [0.717, 1.165) is 13.8 Å². The molecule has 0 aliphatic heterocycles. The topological polar surface area (TPSA) is 573 Å². The number of nitrogens with two attached hydrogens (primary N) is 4. The van der Waals surface area contributed by atoms with Gasteiger partial charge in [0.25, 0.3) is 0 Å². The molecule has 0 bridgehead atoms. The third-order valence-corrected chi connectivity index (χ3v) is 10.2. The Balaban J connectivity index is 6.60. The molecule has 0 saturated carbocycles. The number of carboxylic acids is 5. The van der Waals surface area contributed by atoms with Crippen LogP contribution in [0.25, 0.3) is 0 Å². The van der Waals surface area contributed by atoms with Gasteiger partial charge in [-0.2, -0.15) is 12.6 Å². The van der Waals surface area contributed by atoms with Crippen molar-refractivity contribution < 1.29 is 97.8 Å². The number of aliphatic carboxylic acids is 5. The lowest BCUT2D eigenvalue weighted by molar-refractivity contribution is -0.143. The Hall–Kier alpha value is -7.88. The molecule has 0 rings (SSSR count). The van der Waals surface area contributed by atoms with Crippen molar-refractivity contribution in [3.63, 3.8) is 0 Å². The molecule has 0 unspecified atom stereocenters. The van der Waals surface area contributed by atoms with Gasteiger partial charge in [-0.05, 0) is 46.0 Å². The molecule has 0 aromatic carbocycles. The number of carbonyl (C=O) groups excluding carboxylic acids is 9. The number of rotatable bonds is 36. The van der Waals surface area contributed by atoms with E-state index in [0.29, 0.717) is 0 Å². The summed E-state index contributed by atoms with van der Waals surface area (Å²) in [6.45, 7) is 2.06. The number of carboxylic acid groups (broad SMARTS) is 5. The summed E-state index contributed by atoms with van der Waals surface area (Å²) in [7, 11) is 0. The van der Waals surface area contributed by atoms with Gasteiger partial charge in [-0.3, -0.25) is 72.1 Å². The number of nitrogens with one attached hydrogen (secondary N) is 8. The average Bonchev–Trinajstić information content (AvgIpc) is 3.27. The highest BCUT2D eigenvalue weighted by atomic mass is 32.1. The largest absolute Gasteiger partial charge is 0.481 e. The number of carbonyl (C=O) groups is 14. The summed E-state index contributed by atoms with van der Waals surface area (Å²) >= 11 is 4.03. The third kappa shape index (κ3) is 26.8. The smallest absolute Gasteiger partial charge is 0.325 e. The van der Waals surface area contributed by atoms with Crippen LogP contribution in [0.4, 0.5) is 0 Å². The maximum absolute atomic E-state index is 13.7. The molecule has 0 fully saturated rings. The lowest BCUT2D eigenvalue weighted by atomic mass is 10.0. The first-order chi connectivity index (χ1) is 33.9. The van der Waals surface area contributed by atoms with E-state index < -0.39 is 201 Å². The lowest BCUT2D eigenvalue weighted by Gasteiger charge is -2.28. The van der Waals surface area contributed by atoms with E-state index >= 15 is 0 Å². The molecule has 10 atom stereocenters. The van der Waals surface area contributed by atoms with E-state index in [4.69, 9.17) is 28.0 Å². The van der Waals surface area contributed by atoms with Gasteiger partial charge in [0.15, 0.2) is 5.96 Å². The maximum atomic E-state index is 13.7. The molecular formula is C39H63N13O20S. The molecule has 0 heterocycles. The van der Waals surface area contributed by atoms with E-state index in [2.05, 4.69) is 44.2 Å². The van der Waals surface area contributed by atoms with Gasteiger partial charge in [-0.1, -0.05) is 0 Å². The predicted molar refractivity (Wildman–Crippen MR) is 249 cm³/mol. The summed E-state index contributed by atoms with van der Waals surface area (Å²) < 4.78 is 0. The molecule has 22 N–H and O–H groups in total. The molecule has 0 spiro atoms. The highest BCUT2D eigenvalue weighted by Gasteiger charge is 2.36. The van der Waals surface area contributed by atoms with E-state index in [1.165, 1.54) is 0 Å². The SMILES string of the molecule is C[C@H](NC(=O)[C@H](CCCN=C(N)N)NC(=O)[C@H](CCC(N)=O)NC(=O)[C@H](CCC(=O)O)NC(=O)[C@H](CS)NC(=O)[C@@H](NC(=O)[C@H](CCC(=O)O)NC(=O)[C@H](CC(=O)O)NC(=O)[C@@H](N)CC(=O)O)[C@@H](C)O)C(=O)O. The van der Waals surface area contributed by atoms with Crippen LogP contribution in [0, 0.1) is 0 Å². The van der Waals surface area contributed by atoms with Crippen molar-refractivity contribution in [1.29, 1.82) is 0 Å². The Kier molecular flexibility index (Phi) is 29.3. The Morgan fingerprint density at radius 2 is 0.863 bits per heavy atom. The van der Waals surface area contributed by atoms with Crippen molar-refractivity contribution >= 4 is 102 Å². The molecular weight excluding hydrogens is 1000 g/mol.